The molecule has 0 bridgehead atoms. The van der Waals surface area contributed by atoms with Crippen LogP contribution in [-0.2, 0) is 7.05 Å². The third-order valence-electron chi connectivity index (χ3n) is 3.91. The third kappa shape index (κ3) is 2.39. The molecule has 3 aromatic rings. The highest BCUT2D eigenvalue weighted by Gasteiger charge is 2.20. The van der Waals surface area contributed by atoms with Gasteiger partial charge in [0, 0.05) is 18.3 Å². The Hall–Kier alpha value is -2.30. The zero-order chi connectivity index (χ0) is 15.0. The molecule has 5 heteroatoms. The molecule has 1 N–H and O–H groups in total. The van der Waals surface area contributed by atoms with Crippen molar-refractivity contribution < 1.29 is 4.42 Å². The van der Waals surface area contributed by atoms with Gasteiger partial charge in [-0.15, -0.1) is 0 Å². The van der Waals surface area contributed by atoms with Crippen LogP contribution in [-0.4, -0.2) is 14.8 Å². The molecule has 0 amide bonds. The number of oxazole rings is 1. The second kappa shape index (κ2) is 5.24. The normalized spacial score (nSPS) is 12.8. The minimum Gasteiger partial charge on any atom is -0.424 e. The Morgan fingerprint density at radius 2 is 2.05 bits per heavy atom. The van der Waals surface area contributed by atoms with Gasteiger partial charge in [-0.05, 0) is 32.4 Å². The second-order valence-corrected chi connectivity index (χ2v) is 5.30. The van der Waals surface area contributed by atoms with E-state index in [9.17, 15) is 0 Å². The summed E-state index contributed by atoms with van der Waals surface area (Å²) in [6.07, 6.45) is 0.937. The Labute approximate surface area is 124 Å². The molecule has 0 saturated heterocycles. The van der Waals surface area contributed by atoms with E-state index in [-0.39, 0.29) is 6.04 Å². The van der Waals surface area contributed by atoms with E-state index in [0.29, 0.717) is 6.01 Å². The highest BCUT2D eigenvalue weighted by atomic mass is 16.4. The molecule has 0 aliphatic heterocycles. The van der Waals surface area contributed by atoms with Gasteiger partial charge in [0.1, 0.15) is 5.52 Å². The first-order valence-electron chi connectivity index (χ1n) is 7.22. The maximum Gasteiger partial charge on any atom is 0.296 e. The standard InChI is InChI=1S/C16H20N4O/c1-5-12(15-10(2)19-20(4)11(15)3)17-16-18-13-8-6-7-9-14(13)21-16/h6-9,12H,5H2,1-4H3,(H,17,18). The highest BCUT2D eigenvalue weighted by Crippen LogP contribution is 2.28. The van der Waals surface area contributed by atoms with Crippen molar-refractivity contribution in [1.82, 2.24) is 14.8 Å². The zero-order valence-electron chi connectivity index (χ0n) is 12.8. The summed E-state index contributed by atoms with van der Waals surface area (Å²) in [5, 5.41) is 7.89. The molecule has 0 spiro atoms. The number of hydrogen-bond acceptors (Lipinski definition) is 4. The Morgan fingerprint density at radius 1 is 1.29 bits per heavy atom. The van der Waals surface area contributed by atoms with Crippen LogP contribution < -0.4 is 5.32 Å². The van der Waals surface area contributed by atoms with Crippen LogP contribution in [0.25, 0.3) is 11.1 Å². The van der Waals surface area contributed by atoms with Gasteiger partial charge in [-0.3, -0.25) is 4.68 Å². The van der Waals surface area contributed by atoms with Crippen molar-refractivity contribution in [2.45, 2.75) is 33.2 Å². The van der Waals surface area contributed by atoms with E-state index in [2.05, 4.69) is 29.2 Å². The van der Waals surface area contributed by atoms with E-state index in [0.717, 1.165) is 23.2 Å². The van der Waals surface area contributed by atoms with E-state index in [1.165, 1.54) is 11.3 Å². The third-order valence-corrected chi connectivity index (χ3v) is 3.91. The number of anilines is 1. The lowest BCUT2D eigenvalue weighted by Crippen LogP contribution is -2.12. The number of hydrogen-bond donors (Lipinski definition) is 1. The summed E-state index contributed by atoms with van der Waals surface area (Å²) in [5.41, 5.74) is 5.11. The molecule has 1 atom stereocenters. The minimum atomic E-state index is 0.145. The fourth-order valence-corrected chi connectivity index (χ4v) is 2.76. The van der Waals surface area contributed by atoms with Crippen molar-refractivity contribution in [2.75, 3.05) is 5.32 Å². The van der Waals surface area contributed by atoms with E-state index in [1.54, 1.807) is 0 Å². The topological polar surface area (TPSA) is 55.9 Å². The molecular weight excluding hydrogens is 264 g/mol. The molecule has 0 aliphatic carbocycles. The van der Waals surface area contributed by atoms with Crippen molar-refractivity contribution in [1.29, 1.82) is 0 Å². The first-order chi connectivity index (χ1) is 10.1. The maximum atomic E-state index is 5.76. The Morgan fingerprint density at radius 3 is 2.67 bits per heavy atom. The molecule has 1 aromatic carbocycles. The number of nitrogens with zero attached hydrogens (tertiary/aromatic N) is 3. The fraction of sp³-hybridized carbons (Fsp3) is 0.375. The van der Waals surface area contributed by atoms with E-state index in [4.69, 9.17) is 4.42 Å². The lowest BCUT2D eigenvalue weighted by Gasteiger charge is -2.16. The molecule has 0 aliphatic rings. The molecule has 1 unspecified atom stereocenters. The van der Waals surface area contributed by atoms with Crippen molar-refractivity contribution in [3.8, 4) is 0 Å². The molecule has 21 heavy (non-hydrogen) atoms. The van der Waals surface area contributed by atoms with Crippen LogP contribution >= 0.6 is 0 Å². The van der Waals surface area contributed by atoms with Crippen molar-refractivity contribution >= 4 is 17.1 Å². The van der Waals surface area contributed by atoms with Crippen LogP contribution in [0.2, 0.25) is 0 Å². The number of fused-ring (bicyclic) bond motifs is 1. The van der Waals surface area contributed by atoms with Crippen molar-refractivity contribution in [3.05, 3.63) is 41.2 Å². The summed E-state index contributed by atoms with van der Waals surface area (Å²) < 4.78 is 7.68. The van der Waals surface area contributed by atoms with Crippen LogP contribution in [0.15, 0.2) is 28.7 Å². The first-order valence-corrected chi connectivity index (χ1v) is 7.22. The minimum absolute atomic E-state index is 0.145. The molecule has 5 nitrogen and oxygen atoms in total. The molecular formula is C16H20N4O. The molecule has 3 rings (SSSR count). The van der Waals surface area contributed by atoms with E-state index >= 15 is 0 Å². The van der Waals surface area contributed by atoms with Gasteiger partial charge in [0.25, 0.3) is 6.01 Å². The average Bonchev–Trinajstić information content (AvgIpc) is 2.98. The van der Waals surface area contributed by atoms with Crippen LogP contribution in [0.4, 0.5) is 6.01 Å². The zero-order valence-corrected chi connectivity index (χ0v) is 12.8. The molecule has 0 saturated carbocycles. The van der Waals surface area contributed by atoms with E-state index < -0.39 is 0 Å². The summed E-state index contributed by atoms with van der Waals surface area (Å²) in [5.74, 6) is 0. The average molecular weight is 284 g/mol. The smallest absolute Gasteiger partial charge is 0.296 e. The molecule has 2 aromatic heterocycles. The molecule has 0 radical (unpaired) electrons. The second-order valence-electron chi connectivity index (χ2n) is 5.30. The summed E-state index contributed by atoms with van der Waals surface area (Å²) in [4.78, 5) is 4.49. The number of benzene rings is 1. The quantitative estimate of drug-likeness (QED) is 0.793. The monoisotopic (exact) mass is 284 g/mol. The van der Waals surface area contributed by atoms with E-state index in [1.807, 2.05) is 42.9 Å². The van der Waals surface area contributed by atoms with Crippen LogP contribution in [0.5, 0.6) is 0 Å². The number of nitrogens with one attached hydrogen (secondary N) is 1. The largest absolute Gasteiger partial charge is 0.424 e. The fourth-order valence-electron chi connectivity index (χ4n) is 2.76. The summed E-state index contributed by atoms with van der Waals surface area (Å²) in [7, 11) is 1.97. The van der Waals surface area contributed by atoms with Gasteiger partial charge in [0.05, 0.1) is 11.7 Å². The van der Waals surface area contributed by atoms with Gasteiger partial charge < -0.3 is 9.73 Å². The van der Waals surface area contributed by atoms with Crippen LogP contribution in [0.1, 0.15) is 36.3 Å². The Balaban J connectivity index is 1.93. The Kier molecular flexibility index (Phi) is 3.41. The van der Waals surface area contributed by atoms with Gasteiger partial charge in [-0.1, -0.05) is 19.1 Å². The predicted molar refractivity (Wildman–Crippen MR) is 83.3 cm³/mol. The predicted octanol–water partition coefficient (Wildman–Crippen LogP) is 3.74. The van der Waals surface area contributed by atoms with Crippen molar-refractivity contribution in [3.63, 3.8) is 0 Å². The van der Waals surface area contributed by atoms with Gasteiger partial charge in [0.2, 0.25) is 0 Å². The highest BCUT2D eigenvalue weighted by molar-refractivity contribution is 5.74. The lowest BCUT2D eigenvalue weighted by molar-refractivity contribution is 0.591. The summed E-state index contributed by atoms with van der Waals surface area (Å²) in [6.45, 7) is 6.27. The number of aromatic nitrogens is 3. The number of aryl methyl sites for hydroxylation is 2. The maximum absolute atomic E-state index is 5.76. The van der Waals surface area contributed by atoms with Crippen LogP contribution in [0, 0.1) is 13.8 Å². The van der Waals surface area contributed by atoms with Gasteiger partial charge in [0.15, 0.2) is 5.58 Å². The SMILES string of the molecule is CCC(Nc1nc2ccccc2o1)c1c(C)nn(C)c1C. The Bertz CT molecular complexity index is 739. The molecule has 110 valence electrons. The lowest BCUT2D eigenvalue weighted by atomic mass is 10.0. The van der Waals surface area contributed by atoms with Crippen molar-refractivity contribution in [2.24, 2.45) is 7.05 Å². The molecule has 2 heterocycles. The number of para-hydroxylation sites is 2. The van der Waals surface area contributed by atoms with Gasteiger partial charge in [-0.25, -0.2) is 0 Å². The molecule has 0 fully saturated rings. The first kappa shape index (κ1) is 13.7. The van der Waals surface area contributed by atoms with Gasteiger partial charge in [-0.2, -0.15) is 10.1 Å². The summed E-state index contributed by atoms with van der Waals surface area (Å²) >= 11 is 0. The summed E-state index contributed by atoms with van der Waals surface area (Å²) in [6, 6.07) is 8.49. The van der Waals surface area contributed by atoms with Crippen LogP contribution in [0.3, 0.4) is 0 Å². The number of rotatable bonds is 4. The van der Waals surface area contributed by atoms with Gasteiger partial charge >= 0.3 is 0 Å².